The smallest absolute Gasteiger partial charge is 0.00670 e. The number of hydrogen-bond acceptors (Lipinski definition) is 1. The molecule has 1 fully saturated rings. The molecule has 0 atom stereocenters. The lowest BCUT2D eigenvalue weighted by molar-refractivity contribution is 0.447. The first-order valence-corrected chi connectivity index (χ1v) is 9.67. The third-order valence-electron chi connectivity index (χ3n) is 4.82. The first-order chi connectivity index (χ1) is 9.93. The Morgan fingerprint density at radius 1 is 0.650 bits per heavy atom. The van der Waals surface area contributed by atoms with Crippen molar-refractivity contribution < 1.29 is 0 Å². The molecule has 0 radical (unpaired) electrons. The van der Waals surface area contributed by atoms with Crippen molar-refractivity contribution in [3.05, 3.63) is 0 Å². The van der Waals surface area contributed by atoms with E-state index in [1.807, 2.05) is 0 Å². The maximum absolute atomic E-state index is 3.79. The molecule has 1 rings (SSSR count). The molecular formula is C19H39N. The number of rotatable bonds is 12. The van der Waals surface area contributed by atoms with Gasteiger partial charge in [-0.1, -0.05) is 90.4 Å². The fraction of sp³-hybridized carbons (Fsp3) is 1.00. The summed E-state index contributed by atoms with van der Waals surface area (Å²) in [6.45, 7) is 3.56. The Morgan fingerprint density at radius 2 is 1.15 bits per heavy atom. The van der Waals surface area contributed by atoms with Crippen LogP contribution in [-0.2, 0) is 0 Å². The quantitative estimate of drug-likeness (QED) is 0.331. The zero-order valence-corrected chi connectivity index (χ0v) is 14.1. The van der Waals surface area contributed by atoms with Crippen LogP contribution in [0.3, 0.4) is 0 Å². The standard InChI is InChI=1S/C19H39N/c1-2-3-4-5-6-7-8-9-12-15-18-20-19-16-13-10-11-14-17-19/h19-20H,2-18H2,1H3. The van der Waals surface area contributed by atoms with E-state index in [1.54, 1.807) is 0 Å². The Bertz CT molecular complexity index is 182. The van der Waals surface area contributed by atoms with E-state index in [9.17, 15) is 0 Å². The molecule has 0 bridgehead atoms. The van der Waals surface area contributed by atoms with Crippen LogP contribution in [-0.4, -0.2) is 12.6 Å². The van der Waals surface area contributed by atoms with Crippen molar-refractivity contribution in [2.24, 2.45) is 0 Å². The van der Waals surface area contributed by atoms with Crippen LogP contribution in [0.25, 0.3) is 0 Å². The molecule has 0 aliphatic heterocycles. The van der Waals surface area contributed by atoms with Crippen LogP contribution in [0, 0.1) is 0 Å². The Kier molecular flexibility index (Phi) is 12.5. The zero-order chi connectivity index (χ0) is 14.3. The Labute approximate surface area is 128 Å². The number of unbranched alkanes of at least 4 members (excludes halogenated alkanes) is 9. The molecule has 0 amide bonds. The Morgan fingerprint density at radius 3 is 1.70 bits per heavy atom. The minimum absolute atomic E-state index is 0.844. The van der Waals surface area contributed by atoms with Gasteiger partial charge in [-0.15, -0.1) is 0 Å². The van der Waals surface area contributed by atoms with Gasteiger partial charge in [0.25, 0.3) is 0 Å². The van der Waals surface area contributed by atoms with Crippen LogP contribution in [0.5, 0.6) is 0 Å². The van der Waals surface area contributed by atoms with Gasteiger partial charge in [0.05, 0.1) is 0 Å². The summed E-state index contributed by atoms with van der Waals surface area (Å²) >= 11 is 0. The lowest BCUT2D eigenvalue weighted by Gasteiger charge is -2.15. The SMILES string of the molecule is CCCCCCCCCCCCNC1CCCCCC1. The summed E-state index contributed by atoms with van der Waals surface area (Å²) in [6, 6.07) is 0.844. The van der Waals surface area contributed by atoms with Crippen LogP contribution in [0.4, 0.5) is 0 Å². The van der Waals surface area contributed by atoms with Crippen molar-refractivity contribution in [2.75, 3.05) is 6.54 Å². The maximum atomic E-state index is 3.79. The van der Waals surface area contributed by atoms with Crippen molar-refractivity contribution in [3.8, 4) is 0 Å². The summed E-state index contributed by atoms with van der Waals surface area (Å²) in [5.41, 5.74) is 0. The molecule has 1 saturated carbocycles. The summed E-state index contributed by atoms with van der Waals surface area (Å²) in [4.78, 5) is 0. The highest BCUT2D eigenvalue weighted by Gasteiger charge is 2.10. The molecule has 0 saturated heterocycles. The summed E-state index contributed by atoms with van der Waals surface area (Å²) in [7, 11) is 0. The molecule has 0 heterocycles. The van der Waals surface area contributed by atoms with E-state index in [0.717, 1.165) is 6.04 Å². The minimum atomic E-state index is 0.844. The van der Waals surface area contributed by atoms with Crippen LogP contribution in [0.15, 0.2) is 0 Å². The van der Waals surface area contributed by atoms with E-state index < -0.39 is 0 Å². The molecule has 1 aliphatic rings. The highest BCUT2D eigenvalue weighted by molar-refractivity contribution is 4.70. The summed E-state index contributed by atoms with van der Waals surface area (Å²) in [5, 5.41) is 3.79. The fourth-order valence-corrected chi connectivity index (χ4v) is 3.40. The van der Waals surface area contributed by atoms with Crippen molar-refractivity contribution in [1.82, 2.24) is 5.32 Å². The van der Waals surface area contributed by atoms with Crippen molar-refractivity contribution in [3.63, 3.8) is 0 Å². The van der Waals surface area contributed by atoms with Crippen molar-refractivity contribution in [1.29, 1.82) is 0 Å². The van der Waals surface area contributed by atoms with Gasteiger partial charge in [0.2, 0.25) is 0 Å². The van der Waals surface area contributed by atoms with Crippen LogP contribution >= 0.6 is 0 Å². The number of nitrogens with one attached hydrogen (secondary N) is 1. The molecule has 1 aliphatic carbocycles. The average Bonchev–Trinajstić information content (AvgIpc) is 2.73. The second-order valence-corrected chi connectivity index (χ2v) is 6.82. The molecule has 20 heavy (non-hydrogen) atoms. The molecule has 0 aromatic rings. The van der Waals surface area contributed by atoms with Crippen LogP contribution < -0.4 is 5.32 Å². The van der Waals surface area contributed by atoms with Gasteiger partial charge < -0.3 is 5.32 Å². The molecule has 0 spiro atoms. The molecule has 1 heteroatoms. The van der Waals surface area contributed by atoms with Gasteiger partial charge >= 0.3 is 0 Å². The Balaban J connectivity index is 1.76. The predicted molar refractivity (Wildman–Crippen MR) is 91.3 cm³/mol. The highest BCUT2D eigenvalue weighted by Crippen LogP contribution is 2.17. The largest absolute Gasteiger partial charge is 0.314 e. The Hall–Kier alpha value is -0.0400. The molecule has 1 N–H and O–H groups in total. The summed E-state index contributed by atoms with van der Waals surface area (Å²) < 4.78 is 0. The second-order valence-electron chi connectivity index (χ2n) is 6.82. The first kappa shape index (κ1) is 18.0. The third kappa shape index (κ3) is 10.7. The molecule has 120 valence electrons. The molecule has 1 nitrogen and oxygen atoms in total. The van der Waals surface area contributed by atoms with E-state index in [2.05, 4.69) is 12.2 Å². The lowest BCUT2D eigenvalue weighted by atomic mass is 10.1. The molecular weight excluding hydrogens is 242 g/mol. The number of hydrogen-bond donors (Lipinski definition) is 1. The maximum Gasteiger partial charge on any atom is 0.00670 e. The van der Waals surface area contributed by atoms with Gasteiger partial charge in [-0.25, -0.2) is 0 Å². The van der Waals surface area contributed by atoms with E-state index >= 15 is 0 Å². The van der Waals surface area contributed by atoms with Crippen LogP contribution in [0.1, 0.15) is 110 Å². The third-order valence-corrected chi connectivity index (χ3v) is 4.82. The zero-order valence-electron chi connectivity index (χ0n) is 14.1. The molecule has 0 aromatic carbocycles. The second kappa shape index (κ2) is 13.9. The first-order valence-electron chi connectivity index (χ1n) is 9.67. The van der Waals surface area contributed by atoms with Gasteiger partial charge in [0.15, 0.2) is 0 Å². The predicted octanol–water partition coefficient (Wildman–Crippen LogP) is 6.22. The van der Waals surface area contributed by atoms with E-state index in [1.165, 1.54) is 109 Å². The highest BCUT2D eigenvalue weighted by atomic mass is 14.9. The molecule has 0 unspecified atom stereocenters. The summed E-state index contributed by atoms with van der Waals surface area (Å²) in [6.07, 6.45) is 23.1. The van der Waals surface area contributed by atoms with Gasteiger partial charge in [-0.05, 0) is 25.8 Å². The van der Waals surface area contributed by atoms with Crippen molar-refractivity contribution in [2.45, 2.75) is 116 Å². The van der Waals surface area contributed by atoms with E-state index in [4.69, 9.17) is 0 Å². The van der Waals surface area contributed by atoms with Gasteiger partial charge in [0, 0.05) is 6.04 Å². The van der Waals surface area contributed by atoms with Crippen molar-refractivity contribution >= 4 is 0 Å². The molecule has 0 aromatic heterocycles. The monoisotopic (exact) mass is 281 g/mol. The normalized spacial score (nSPS) is 17.2. The minimum Gasteiger partial charge on any atom is -0.314 e. The van der Waals surface area contributed by atoms with E-state index in [0.29, 0.717) is 0 Å². The van der Waals surface area contributed by atoms with Gasteiger partial charge in [-0.3, -0.25) is 0 Å². The van der Waals surface area contributed by atoms with Crippen LogP contribution in [0.2, 0.25) is 0 Å². The van der Waals surface area contributed by atoms with E-state index in [-0.39, 0.29) is 0 Å². The van der Waals surface area contributed by atoms with Gasteiger partial charge in [0.1, 0.15) is 0 Å². The topological polar surface area (TPSA) is 12.0 Å². The lowest BCUT2D eigenvalue weighted by Crippen LogP contribution is -2.29. The average molecular weight is 282 g/mol. The summed E-state index contributed by atoms with van der Waals surface area (Å²) in [5.74, 6) is 0. The fourth-order valence-electron chi connectivity index (χ4n) is 3.40. The van der Waals surface area contributed by atoms with Gasteiger partial charge in [-0.2, -0.15) is 0 Å².